The van der Waals surface area contributed by atoms with Gasteiger partial charge in [-0.05, 0) is 24.1 Å². The molecule has 0 aliphatic heterocycles. The largest absolute Gasteiger partial charge is 0.435 e. The molecule has 0 aliphatic rings. The van der Waals surface area contributed by atoms with Gasteiger partial charge in [-0.15, -0.1) is 10.2 Å². The number of aromatic nitrogens is 2. The maximum Gasteiger partial charge on any atom is 0.435 e. The van der Waals surface area contributed by atoms with Crippen LogP contribution >= 0.6 is 0 Å². The highest BCUT2D eigenvalue weighted by molar-refractivity contribution is 5.39. The molecular formula is C15H16F3N3. The maximum atomic E-state index is 12.5. The molecule has 0 saturated carbocycles. The molecule has 0 radical (unpaired) electrons. The van der Waals surface area contributed by atoms with E-state index in [2.05, 4.69) is 10.2 Å². The summed E-state index contributed by atoms with van der Waals surface area (Å²) in [7, 11) is 0. The molecule has 2 rings (SSSR count). The fourth-order valence-electron chi connectivity index (χ4n) is 1.99. The van der Waals surface area contributed by atoms with Crippen LogP contribution in [0, 0.1) is 0 Å². The van der Waals surface area contributed by atoms with Crippen LogP contribution in [0.25, 0.3) is 0 Å². The van der Waals surface area contributed by atoms with Crippen molar-refractivity contribution >= 4 is 5.82 Å². The molecule has 1 aromatic heterocycles. The minimum Gasteiger partial charge on any atom is -0.351 e. The zero-order valence-corrected chi connectivity index (χ0v) is 11.6. The lowest BCUT2D eigenvalue weighted by Gasteiger charge is -2.23. The van der Waals surface area contributed by atoms with Gasteiger partial charge in [-0.25, -0.2) is 0 Å². The molecule has 0 aliphatic carbocycles. The van der Waals surface area contributed by atoms with Crippen LogP contribution in [-0.2, 0) is 12.7 Å². The molecule has 0 atom stereocenters. The second-order valence-corrected chi connectivity index (χ2v) is 4.68. The predicted octanol–water partition coefficient (Wildman–Crippen LogP) is 3.91. The molecule has 2 aromatic rings. The highest BCUT2D eigenvalue weighted by Gasteiger charge is 2.33. The number of halogens is 3. The van der Waals surface area contributed by atoms with Gasteiger partial charge in [0.25, 0.3) is 0 Å². The molecular weight excluding hydrogens is 279 g/mol. The Morgan fingerprint density at radius 1 is 1.00 bits per heavy atom. The Morgan fingerprint density at radius 3 is 2.24 bits per heavy atom. The molecule has 0 spiro atoms. The Balaban J connectivity index is 2.18. The second-order valence-electron chi connectivity index (χ2n) is 4.68. The van der Waals surface area contributed by atoms with E-state index >= 15 is 0 Å². The Hall–Kier alpha value is -2.11. The van der Waals surface area contributed by atoms with Gasteiger partial charge >= 0.3 is 6.18 Å². The van der Waals surface area contributed by atoms with Crippen molar-refractivity contribution in [2.75, 3.05) is 11.4 Å². The SMILES string of the molecule is CCCN(Cc1ccccc1)c1ccc(C(F)(F)F)nn1. The van der Waals surface area contributed by atoms with Crippen LogP contribution in [0.1, 0.15) is 24.6 Å². The summed E-state index contributed by atoms with van der Waals surface area (Å²) in [6.45, 7) is 3.30. The van der Waals surface area contributed by atoms with Crippen LogP contribution in [0.4, 0.5) is 19.0 Å². The van der Waals surface area contributed by atoms with Crippen molar-refractivity contribution in [3.63, 3.8) is 0 Å². The van der Waals surface area contributed by atoms with Crippen LogP contribution in [0.5, 0.6) is 0 Å². The molecule has 0 saturated heterocycles. The molecule has 6 heteroatoms. The average Bonchev–Trinajstić information content (AvgIpc) is 2.47. The summed E-state index contributed by atoms with van der Waals surface area (Å²) in [4.78, 5) is 1.92. The van der Waals surface area contributed by atoms with Gasteiger partial charge in [0.05, 0.1) is 0 Å². The molecule has 0 amide bonds. The van der Waals surface area contributed by atoms with Crippen molar-refractivity contribution in [3.05, 3.63) is 53.7 Å². The highest BCUT2D eigenvalue weighted by atomic mass is 19.4. The first-order chi connectivity index (χ1) is 10.0. The van der Waals surface area contributed by atoms with E-state index in [4.69, 9.17) is 0 Å². The summed E-state index contributed by atoms with van der Waals surface area (Å²) in [5.74, 6) is 0.453. The maximum absolute atomic E-state index is 12.5. The third-order valence-corrected chi connectivity index (χ3v) is 2.97. The van der Waals surface area contributed by atoms with Crippen molar-refractivity contribution in [2.45, 2.75) is 26.1 Å². The number of rotatable bonds is 5. The number of benzene rings is 1. The van der Waals surface area contributed by atoms with Gasteiger partial charge in [0.1, 0.15) is 0 Å². The van der Waals surface area contributed by atoms with E-state index in [1.807, 2.05) is 42.2 Å². The number of anilines is 1. The summed E-state index contributed by atoms with van der Waals surface area (Å²) in [6.07, 6.45) is -3.59. The normalized spacial score (nSPS) is 11.4. The first-order valence-corrected chi connectivity index (χ1v) is 6.70. The van der Waals surface area contributed by atoms with Gasteiger partial charge in [0.2, 0.25) is 0 Å². The van der Waals surface area contributed by atoms with Gasteiger partial charge in [0, 0.05) is 13.1 Å². The summed E-state index contributed by atoms with van der Waals surface area (Å²) >= 11 is 0. The molecule has 1 aromatic carbocycles. The number of alkyl halides is 3. The van der Waals surface area contributed by atoms with Crippen molar-refractivity contribution in [3.8, 4) is 0 Å². The molecule has 1 heterocycles. The molecule has 0 fully saturated rings. The molecule has 0 unspecified atom stereocenters. The summed E-state index contributed by atoms with van der Waals surface area (Å²) in [6, 6.07) is 12.1. The monoisotopic (exact) mass is 295 g/mol. The fourth-order valence-corrected chi connectivity index (χ4v) is 1.99. The van der Waals surface area contributed by atoms with Gasteiger partial charge in [0.15, 0.2) is 11.5 Å². The summed E-state index contributed by atoms with van der Waals surface area (Å²) < 4.78 is 37.5. The molecule has 0 N–H and O–H groups in total. The minimum atomic E-state index is -4.46. The van der Waals surface area contributed by atoms with Crippen LogP contribution in [0.2, 0.25) is 0 Å². The zero-order chi connectivity index (χ0) is 15.3. The van der Waals surface area contributed by atoms with Crippen molar-refractivity contribution in [1.29, 1.82) is 0 Å². The predicted molar refractivity (Wildman–Crippen MR) is 74.8 cm³/mol. The van der Waals surface area contributed by atoms with Crippen molar-refractivity contribution < 1.29 is 13.2 Å². The Bertz CT molecular complexity index is 553. The van der Waals surface area contributed by atoms with Crippen molar-refractivity contribution in [2.24, 2.45) is 0 Å². The Kier molecular flexibility index (Phi) is 4.77. The van der Waals surface area contributed by atoms with E-state index in [9.17, 15) is 13.2 Å². The Morgan fingerprint density at radius 2 is 1.71 bits per heavy atom. The molecule has 0 bridgehead atoms. The minimum absolute atomic E-state index is 0.453. The van der Waals surface area contributed by atoms with Crippen molar-refractivity contribution in [1.82, 2.24) is 10.2 Å². The van der Waals surface area contributed by atoms with Gasteiger partial charge in [-0.2, -0.15) is 13.2 Å². The summed E-state index contributed by atoms with van der Waals surface area (Å²) in [5, 5.41) is 6.99. The van der Waals surface area contributed by atoms with E-state index in [0.717, 1.165) is 18.1 Å². The second kappa shape index (κ2) is 6.56. The molecule has 21 heavy (non-hydrogen) atoms. The lowest BCUT2D eigenvalue weighted by molar-refractivity contribution is -0.141. The Labute approximate surface area is 121 Å². The standard InChI is InChI=1S/C15H16F3N3/c1-2-10-21(11-12-6-4-3-5-7-12)14-9-8-13(19-20-14)15(16,17)18/h3-9H,2,10-11H2,1H3. The quantitative estimate of drug-likeness (QED) is 0.837. The van der Waals surface area contributed by atoms with Gasteiger partial charge < -0.3 is 4.90 Å². The van der Waals surface area contributed by atoms with Crippen LogP contribution < -0.4 is 4.90 Å². The molecule has 3 nitrogen and oxygen atoms in total. The van der Waals surface area contributed by atoms with E-state index < -0.39 is 11.9 Å². The lowest BCUT2D eigenvalue weighted by atomic mass is 10.2. The van der Waals surface area contributed by atoms with E-state index in [0.29, 0.717) is 18.9 Å². The number of hydrogen-bond acceptors (Lipinski definition) is 3. The third-order valence-electron chi connectivity index (χ3n) is 2.97. The fraction of sp³-hybridized carbons (Fsp3) is 0.333. The summed E-state index contributed by atoms with van der Waals surface area (Å²) in [5.41, 5.74) is 0.107. The number of nitrogens with zero attached hydrogens (tertiary/aromatic N) is 3. The zero-order valence-electron chi connectivity index (χ0n) is 11.6. The lowest BCUT2D eigenvalue weighted by Crippen LogP contribution is -2.25. The van der Waals surface area contributed by atoms with E-state index in [-0.39, 0.29) is 0 Å². The van der Waals surface area contributed by atoms with Crippen LogP contribution in [0.15, 0.2) is 42.5 Å². The van der Waals surface area contributed by atoms with Gasteiger partial charge in [-0.3, -0.25) is 0 Å². The van der Waals surface area contributed by atoms with Crippen LogP contribution in [0.3, 0.4) is 0 Å². The number of hydrogen-bond donors (Lipinski definition) is 0. The topological polar surface area (TPSA) is 29.0 Å². The highest BCUT2D eigenvalue weighted by Crippen LogP contribution is 2.27. The first-order valence-electron chi connectivity index (χ1n) is 6.70. The molecule has 112 valence electrons. The van der Waals surface area contributed by atoms with E-state index in [1.165, 1.54) is 6.07 Å². The van der Waals surface area contributed by atoms with Gasteiger partial charge in [-0.1, -0.05) is 37.3 Å². The first kappa shape index (κ1) is 15.3. The average molecular weight is 295 g/mol. The van der Waals surface area contributed by atoms with Crippen LogP contribution in [-0.4, -0.2) is 16.7 Å². The smallest absolute Gasteiger partial charge is 0.351 e. The third kappa shape index (κ3) is 4.18. The van der Waals surface area contributed by atoms with E-state index in [1.54, 1.807) is 0 Å².